The van der Waals surface area contributed by atoms with Gasteiger partial charge in [0.15, 0.2) is 0 Å². The van der Waals surface area contributed by atoms with Crippen LogP contribution in [0.15, 0.2) is 12.4 Å². The Morgan fingerprint density at radius 2 is 2.37 bits per heavy atom. The molecule has 1 fully saturated rings. The quantitative estimate of drug-likeness (QED) is 0.851. The third-order valence-corrected chi connectivity index (χ3v) is 4.16. The second-order valence-corrected chi connectivity index (χ2v) is 6.28. The van der Waals surface area contributed by atoms with E-state index < -0.39 is 0 Å². The lowest BCUT2D eigenvalue weighted by atomic mass is 10.0. The number of thioether (sulfide) groups is 1. The van der Waals surface area contributed by atoms with E-state index in [1.54, 1.807) is 11.8 Å². The predicted molar refractivity (Wildman–Crippen MR) is 79.5 cm³/mol. The van der Waals surface area contributed by atoms with Gasteiger partial charge in [-0.15, -0.1) is 0 Å². The zero-order chi connectivity index (χ0) is 13.8. The molecule has 0 N–H and O–H groups in total. The lowest BCUT2D eigenvalue weighted by molar-refractivity contribution is -0.129. The topological polar surface area (TPSA) is 38.1 Å². The van der Waals surface area contributed by atoms with Crippen molar-refractivity contribution >= 4 is 17.7 Å². The molecule has 0 aliphatic carbocycles. The van der Waals surface area contributed by atoms with Gasteiger partial charge in [0, 0.05) is 31.4 Å². The van der Waals surface area contributed by atoms with Crippen LogP contribution in [0.25, 0.3) is 0 Å². The molecule has 1 atom stereocenters. The van der Waals surface area contributed by atoms with Gasteiger partial charge in [-0.25, -0.2) is 4.98 Å². The summed E-state index contributed by atoms with van der Waals surface area (Å²) in [5, 5.41) is 0. The Hall–Kier alpha value is -0.970. The first-order chi connectivity index (χ1) is 9.13. The average molecular weight is 281 g/mol. The number of piperidine rings is 1. The molecule has 0 unspecified atom stereocenters. The van der Waals surface area contributed by atoms with Gasteiger partial charge in [-0.1, -0.05) is 13.8 Å². The van der Waals surface area contributed by atoms with E-state index in [0.29, 0.717) is 17.7 Å². The molecule has 0 radical (unpaired) electrons. The number of nitrogens with zero attached hydrogens (tertiary/aromatic N) is 3. The maximum Gasteiger partial charge on any atom is 0.232 e. The van der Waals surface area contributed by atoms with Gasteiger partial charge in [-0.05, 0) is 19.1 Å². The van der Waals surface area contributed by atoms with Gasteiger partial charge >= 0.3 is 0 Å². The molecular formula is C14H23N3OS. The molecule has 2 rings (SSSR count). The molecule has 1 aromatic heterocycles. The van der Waals surface area contributed by atoms with E-state index >= 15 is 0 Å². The van der Waals surface area contributed by atoms with Gasteiger partial charge in [0.2, 0.25) is 5.91 Å². The zero-order valence-electron chi connectivity index (χ0n) is 12.0. The summed E-state index contributed by atoms with van der Waals surface area (Å²) in [5.74, 6) is 2.41. The number of aromatic nitrogens is 2. The van der Waals surface area contributed by atoms with E-state index in [4.69, 9.17) is 0 Å². The Kier molecular flexibility index (Phi) is 4.91. The number of likely N-dealkylation sites (tertiary alicyclic amines) is 1. The molecule has 1 saturated heterocycles. The molecule has 2 heterocycles. The predicted octanol–water partition coefficient (Wildman–Crippen LogP) is 2.53. The summed E-state index contributed by atoms with van der Waals surface area (Å²) in [5.41, 5.74) is 0. The first-order valence-corrected chi connectivity index (χ1v) is 8.32. The van der Waals surface area contributed by atoms with Crippen LogP contribution in [0.3, 0.4) is 0 Å². The standard InChI is InChI=1S/C14H23N3OS/c1-11(2)14-15-6-8-17(14)12-5-4-7-16(9-12)13(18)10-19-3/h6,8,11-12H,4-5,7,9-10H2,1-3H3/t12-/m0/s1. The van der Waals surface area contributed by atoms with Gasteiger partial charge < -0.3 is 9.47 Å². The molecule has 0 spiro atoms. The molecule has 0 bridgehead atoms. The summed E-state index contributed by atoms with van der Waals surface area (Å²) in [7, 11) is 0. The van der Waals surface area contributed by atoms with Crippen LogP contribution >= 0.6 is 11.8 Å². The van der Waals surface area contributed by atoms with E-state index in [-0.39, 0.29) is 5.91 Å². The molecule has 4 nitrogen and oxygen atoms in total. The summed E-state index contributed by atoms with van der Waals surface area (Å²) in [6.07, 6.45) is 8.13. The minimum absolute atomic E-state index is 0.267. The number of imidazole rings is 1. The van der Waals surface area contributed by atoms with Gasteiger partial charge in [-0.3, -0.25) is 4.79 Å². The lowest BCUT2D eigenvalue weighted by Crippen LogP contribution is -2.41. The maximum absolute atomic E-state index is 12.0. The molecule has 0 aromatic carbocycles. The molecule has 106 valence electrons. The molecule has 0 saturated carbocycles. The fourth-order valence-electron chi connectivity index (χ4n) is 2.70. The Morgan fingerprint density at radius 3 is 3.05 bits per heavy atom. The van der Waals surface area contributed by atoms with Crippen molar-refractivity contribution in [3.63, 3.8) is 0 Å². The van der Waals surface area contributed by atoms with Crippen molar-refractivity contribution in [2.24, 2.45) is 0 Å². The lowest BCUT2D eigenvalue weighted by Gasteiger charge is -2.34. The van der Waals surface area contributed by atoms with Crippen LogP contribution in [0.5, 0.6) is 0 Å². The maximum atomic E-state index is 12.0. The van der Waals surface area contributed by atoms with Crippen LogP contribution in [0.1, 0.15) is 44.5 Å². The van der Waals surface area contributed by atoms with Crippen molar-refractivity contribution in [1.29, 1.82) is 0 Å². The van der Waals surface area contributed by atoms with Crippen LogP contribution in [0, 0.1) is 0 Å². The zero-order valence-corrected chi connectivity index (χ0v) is 12.8. The van der Waals surface area contributed by atoms with Crippen molar-refractivity contribution < 1.29 is 4.79 Å². The Balaban J connectivity index is 2.08. The summed E-state index contributed by atoms with van der Waals surface area (Å²) < 4.78 is 2.27. The Bertz CT molecular complexity index is 430. The molecule has 1 aromatic rings. The van der Waals surface area contributed by atoms with Crippen LogP contribution in [0.4, 0.5) is 0 Å². The van der Waals surface area contributed by atoms with Crippen molar-refractivity contribution in [3.8, 4) is 0 Å². The average Bonchev–Trinajstić information content (AvgIpc) is 2.88. The van der Waals surface area contributed by atoms with Crippen LogP contribution < -0.4 is 0 Å². The first kappa shape index (κ1) is 14.4. The first-order valence-electron chi connectivity index (χ1n) is 6.93. The van der Waals surface area contributed by atoms with Crippen molar-refractivity contribution in [1.82, 2.24) is 14.5 Å². The second-order valence-electron chi connectivity index (χ2n) is 5.42. The number of hydrogen-bond donors (Lipinski definition) is 0. The third kappa shape index (κ3) is 3.32. The second kappa shape index (κ2) is 6.46. The number of carbonyl (C=O) groups excluding carboxylic acids is 1. The SMILES string of the molecule is CSCC(=O)N1CCC[C@H](n2ccnc2C(C)C)C1. The number of rotatable bonds is 4. The van der Waals surface area contributed by atoms with E-state index in [1.165, 1.54) is 0 Å². The minimum atomic E-state index is 0.267. The highest BCUT2D eigenvalue weighted by molar-refractivity contribution is 7.99. The monoisotopic (exact) mass is 281 g/mol. The van der Waals surface area contributed by atoms with E-state index in [2.05, 4.69) is 29.6 Å². The smallest absolute Gasteiger partial charge is 0.232 e. The van der Waals surface area contributed by atoms with Crippen molar-refractivity contribution in [3.05, 3.63) is 18.2 Å². The van der Waals surface area contributed by atoms with Gasteiger partial charge in [-0.2, -0.15) is 11.8 Å². The van der Waals surface area contributed by atoms with E-state index in [9.17, 15) is 4.79 Å². The minimum Gasteiger partial charge on any atom is -0.340 e. The van der Waals surface area contributed by atoms with Crippen molar-refractivity contribution in [2.45, 2.75) is 38.6 Å². The summed E-state index contributed by atoms with van der Waals surface area (Å²) in [6, 6.07) is 0.388. The number of amides is 1. The van der Waals surface area contributed by atoms with Gasteiger partial charge in [0.05, 0.1) is 11.8 Å². The number of carbonyl (C=O) groups is 1. The molecule has 1 aliphatic rings. The summed E-state index contributed by atoms with van der Waals surface area (Å²) in [6.45, 7) is 6.06. The van der Waals surface area contributed by atoms with Crippen LogP contribution in [0.2, 0.25) is 0 Å². The Labute approximate surface area is 119 Å². The fraction of sp³-hybridized carbons (Fsp3) is 0.714. The largest absolute Gasteiger partial charge is 0.340 e. The summed E-state index contributed by atoms with van der Waals surface area (Å²) >= 11 is 1.60. The Morgan fingerprint density at radius 1 is 1.58 bits per heavy atom. The third-order valence-electron chi connectivity index (χ3n) is 3.63. The summed E-state index contributed by atoms with van der Waals surface area (Å²) in [4.78, 5) is 18.5. The van der Waals surface area contributed by atoms with Crippen LogP contribution in [-0.4, -0.2) is 45.5 Å². The van der Waals surface area contributed by atoms with Gasteiger partial charge in [0.25, 0.3) is 0 Å². The molecular weight excluding hydrogens is 258 g/mol. The van der Waals surface area contributed by atoms with Gasteiger partial charge in [0.1, 0.15) is 5.82 Å². The normalized spacial score (nSPS) is 20.0. The van der Waals surface area contributed by atoms with E-state index in [0.717, 1.165) is 31.8 Å². The molecule has 1 aliphatic heterocycles. The highest BCUT2D eigenvalue weighted by Crippen LogP contribution is 2.25. The highest BCUT2D eigenvalue weighted by atomic mass is 32.2. The fourth-order valence-corrected chi connectivity index (χ4v) is 3.13. The van der Waals surface area contributed by atoms with Crippen molar-refractivity contribution in [2.75, 3.05) is 25.1 Å². The number of hydrogen-bond acceptors (Lipinski definition) is 3. The highest BCUT2D eigenvalue weighted by Gasteiger charge is 2.25. The molecule has 19 heavy (non-hydrogen) atoms. The molecule has 5 heteroatoms. The van der Waals surface area contributed by atoms with E-state index in [1.807, 2.05) is 17.4 Å². The molecule has 1 amide bonds. The van der Waals surface area contributed by atoms with Crippen LogP contribution in [-0.2, 0) is 4.79 Å².